The number of hydrogen-bond acceptors (Lipinski definition) is 4. The Morgan fingerprint density at radius 1 is 1.23 bits per heavy atom. The molecule has 0 radical (unpaired) electrons. The minimum atomic E-state index is -4.15. The van der Waals surface area contributed by atoms with E-state index >= 15 is 0 Å². The fourth-order valence-electron chi connectivity index (χ4n) is 2.56. The molecule has 0 N–H and O–H groups in total. The van der Waals surface area contributed by atoms with Crippen LogP contribution in [0.2, 0.25) is 0 Å². The van der Waals surface area contributed by atoms with Gasteiger partial charge >= 0.3 is 29.6 Å². The molecule has 22 heavy (non-hydrogen) atoms. The van der Waals surface area contributed by atoms with E-state index in [4.69, 9.17) is 0 Å². The Morgan fingerprint density at radius 2 is 2.00 bits per heavy atom. The van der Waals surface area contributed by atoms with Crippen LogP contribution in [0.5, 0.6) is 0 Å². The SMILES string of the molecule is O=S(=O)([O-])CCC[N+]1=C2C=CC=CC2Sc2ccccc21.[Na+]. The van der Waals surface area contributed by atoms with Crippen molar-refractivity contribution in [3.05, 3.63) is 48.6 Å². The average molecular weight is 344 g/mol. The molecular formula is C15H15NNaO3S2+. The monoisotopic (exact) mass is 344 g/mol. The Balaban J connectivity index is 0.00000176. The smallest absolute Gasteiger partial charge is 0.748 e. The molecule has 1 heterocycles. The molecule has 1 aliphatic carbocycles. The summed E-state index contributed by atoms with van der Waals surface area (Å²) in [7, 11) is -4.15. The predicted molar refractivity (Wildman–Crippen MR) is 83.3 cm³/mol. The molecule has 0 spiro atoms. The van der Waals surface area contributed by atoms with Gasteiger partial charge in [0.2, 0.25) is 5.69 Å². The summed E-state index contributed by atoms with van der Waals surface area (Å²) in [5.74, 6) is -0.323. The van der Waals surface area contributed by atoms with Crippen LogP contribution in [0.4, 0.5) is 5.69 Å². The van der Waals surface area contributed by atoms with Crippen molar-refractivity contribution in [2.75, 3.05) is 12.3 Å². The summed E-state index contributed by atoms with van der Waals surface area (Å²) in [4.78, 5) is 1.18. The summed E-state index contributed by atoms with van der Waals surface area (Å²) < 4.78 is 34.5. The number of hydrogen-bond donors (Lipinski definition) is 0. The quantitative estimate of drug-likeness (QED) is 0.412. The van der Waals surface area contributed by atoms with Crippen LogP contribution >= 0.6 is 11.8 Å². The minimum absolute atomic E-state index is 0. The molecule has 0 fully saturated rings. The van der Waals surface area contributed by atoms with E-state index in [9.17, 15) is 13.0 Å². The summed E-state index contributed by atoms with van der Waals surface area (Å²) in [6.45, 7) is 0.531. The Bertz CT molecular complexity index is 754. The standard InChI is InChI=1S/C15H15NO3S2.Na/c17-21(18,19)11-5-10-16-12-6-1-3-8-14(12)20-15-9-4-2-7-13(15)16;/h1-4,6-9,14H,5,10-11H2;/q;+1. The summed E-state index contributed by atoms with van der Waals surface area (Å²) in [5, 5.41) is 0.244. The Hall–Kier alpha value is -0.370. The largest absolute Gasteiger partial charge is 1.00 e. The molecule has 2 aliphatic rings. The van der Waals surface area contributed by atoms with Crippen molar-refractivity contribution >= 4 is 33.3 Å². The second-order valence-corrected chi connectivity index (χ2v) is 7.65. The molecule has 1 aromatic rings. The van der Waals surface area contributed by atoms with Crippen LogP contribution < -0.4 is 29.6 Å². The number of para-hydroxylation sites is 1. The maximum Gasteiger partial charge on any atom is 1.00 e. The predicted octanol–water partition coefficient (Wildman–Crippen LogP) is -0.689. The topological polar surface area (TPSA) is 60.2 Å². The average Bonchev–Trinajstić information content (AvgIpc) is 2.45. The second-order valence-electron chi connectivity index (χ2n) is 4.94. The Labute approximate surface area is 157 Å². The molecule has 1 unspecified atom stereocenters. The third-order valence-electron chi connectivity index (χ3n) is 3.45. The van der Waals surface area contributed by atoms with Gasteiger partial charge in [0.05, 0.1) is 15.0 Å². The molecule has 0 saturated heterocycles. The molecule has 110 valence electrons. The third-order valence-corrected chi connectivity index (χ3v) is 5.49. The van der Waals surface area contributed by atoms with Gasteiger partial charge in [0.25, 0.3) is 0 Å². The molecule has 0 bridgehead atoms. The van der Waals surface area contributed by atoms with Crippen LogP contribution in [0.15, 0.2) is 53.5 Å². The molecule has 0 amide bonds. The van der Waals surface area contributed by atoms with Crippen molar-refractivity contribution in [2.24, 2.45) is 0 Å². The Morgan fingerprint density at radius 3 is 2.77 bits per heavy atom. The maximum atomic E-state index is 10.8. The second kappa shape index (κ2) is 7.47. The molecule has 1 aromatic carbocycles. The van der Waals surface area contributed by atoms with Crippen molar-refractivity contribution in [2.45, 2.75) is 16.6 Å². The van der Waals surface area contributed by atoms with E-state index in [1.165, 1.54) is 4.90 Å². The molecule has 7 heteroatoms. The number of benzene rings is 1. The minimum Gasteiger partial charge on any atom is -0.748 e. The Kier molecular flexibility index (Phi) is 6.10. The molecular weight excluding hydrogens is 329 g/mol. The molecule has 0 aromatic heterocycles. The molecule has 1 aliphatic heterocycles. The van der Waals surface area contributed by atoms with Gasteiger partial charge in [-0.05, 0) is 6.07 Å². The van der Waals surface area contributed by atoms with Gasteiger partial charge in [0.1, 0.15) is 11.8 Å². The summed E-state index contributed by atoms with van der Waals surface area (Å²) in [6.07, 6.45) is 8.53. The van der Waals surface area contributed by atoms with E-state index in [-0.39, 0.29) is 40.6 Å². The fraction of sp³-hybridized carbons (Fsp3) is 0.267. The van der Waals surface area contributed by atoms with Crippen molar-refractivity contribution in [3.63, 3.8) is 0 Å². The van der Waals surface area contributed by atoms with E-state index < -0.39 is 10.1 Å². The van der Waals surface area contributed by atoms with Crippen LogP contribution in [0.1, 0.15) is 6.42 Å². The van der Waals surface area contributed by atoms with Gasteiger partial charge in [-0.2, -0.15) is 4.58 Å². The van der Waals surface area contributed by atoms with Crippen molar-refractivity contribution in [3.8, 4) is 0 Å². The van der Waals surface area contributed by atoms with Gasteiger partial charge in [-0.1, -0.05) is 30.4 Å². The van der Waals surface area contributed by atoms with E-state index in [2.05, 4.69) is 22.8 Å². The van der Waals surface area contributed by atoms with E-state index in [0.717, 1.165) is 11.4 Å². The zero-order valence-electron chi connectivity index (χ0n) is 12.3. The normalized spacial score (nSPS) is 19.4. The zero-order chi connectivity index (χ0) is 14.9. The number of nitrogens with zero attached hydrogens (tertiary/aromatic N) is 1. The molecule has 0 saturated carbocycles. The van der Waals surface area contributed by atoms with Crippen LogP contribution in [0.25, 0.3) is 0 Å². The molecule has 4 nitrogen and oxygen atoms in total. The van der Waals surface area contributed by atoms with Crippen LogP contribution in [-0.4, -0.2) is 40.8 Å². The van der Waals surface area contributed by atoms with Crippen LogP contribution in [-0.2, 0) is 10.1 Å². The first-order valence-electron chi connectivity index (χ1n) is 6.73. The number of allylic oxidation sites excluding steroid dienone is 3. The van der Waals surface area contributed by atoms with Gasteiger partial charge < -0.3 is 4.55 Å². The van der Waals surface area contributed by atoms with Crippen molar-refractivity contribution in [1.82, 2.24) is 0 Å². The van der Waals surface area contributed by atoms with Crippen molar-refractivity contribution < 1.29 is 47.1 Å². The maximum absolute atomic E-state index is 10.8. The molecule has 3 rings (SSSR count). The first-order valence-corrected chi connectivity index (χ1v) is 9.19. The molecule has 1 atom stereocenters. The van der Waals surface area contributed by atoms with Crippen LogP contribution in [0, 0.1) is 0 Å². The zero-order valence-corrected chi connectivity index (χ0v) is 15.9. The van der Waals surface area contributed by atoms with E-state index in [1.807, 2.05) is 30.4 Å². The first kappa shape index (κ1) is 18.0. The first-order chi connectivity index (χ1) is 10.0. The van der Waals surface area contributed by atoms with Gasteiger partial charge in [0.15, 0.2) is 5.71 Å². The van der Waals surface area contributed by atoms with Crippen LogP contribution in [0.3, 0.4) is 0 Å². The van der Waals surface area contributed by atoms with Crippen molar-refractivity contribution in [1.29, 1.82) is 0 Å². The number of thioether (sulfide) groups is 1. The summed E-state index contributed by atoms with van der Waals surface area (Å²) >= 11 is 1.79. The van der Waals surface area contributed by atoms with Gasteiger partial charge in [-0.15, -0.1) is 11.8 Å². The fourth-order valence-corrected chi connectivity index (χ4v) is 4.27. The van der Waals surface area contributed by atoms with Gasteiger partial charge in [-0.25, -0.2) is 8.42 Å². The number of rotatable bonds is 4. The van der Waals surface area contributed by atoms with E-state index in [0.29, 0.717) is 13.0 Å². The van der Waals surface area contributed by atoms with Gasteiger partial charge in [0, 0.05) is 24.3 Å². The summed E-state index contributed by atoms with van der Waals surface area (Å²) in [5.41, 5.74) is 2.22. The van der Waals surface area contributed by atoms with Gasteiger partial charge in [-0.3, -0.25) is 0 Å². The number of fused-ring (bicyclic) bond motifs is 2. The van der Waals surface area contributed by atoms with E-state index in [1.54, 1.807) is 11.8 Å². The summed E-state index contributed by atoms with van der Waals surface area (Å²) in [6, 6.07) is 8.07. The third kappa shape index (κ3) is 4.13.